The smallest absolute Gasteiger partial charge is 0.224 e. The van der Waals surface area contributed by atoms with Gasteiger partial charge in [0.25, 0.3) is 0 Å². The molecule has 1 fully saturated rings. The first-order valence-corrected chi connectivity index (χ1v) is 12.7. The Kier molecular flexibility index (Phi) is 8.85. The first kappa shape index (κ1) is 23.7. The molecule has 0 aromatic heterocycles. The lowest BCUT2D eigenvalue weighted by Crippen LogP contribution is -2.46. The third kappa shape index (κ3) is 6.27. The summed E-state index contributed by atoms with van der Waals surface area (Å²) in [4.78, 5) is 19.4. The summed E-state index contributed by atoms with van der Waals surface area (Å²) in [5.74, 6) is 0.859. The van der Waals surface area contributed by atoms with Crippen LogP contribution in [0.3, 0.4) is 0 Å². The van der Waals surface area contributed by atoms with Crippen LogP contribution in [0.5, 0.6) is 5.75 Å². The Balaban J connectivity index is 1.73. The van der Waals surface area contributed by atoms with Crippen molar-refractivity contribution < 1.29 is 4.74 Å². The number of piperazine rings is 1. The van der Waals surface area contributed by atoms with Crippen LogP contribution in [0.1, 0.15) is 50.7 Å². The van der Waals surface area contributed by atoms with Crippen LogP contribution in [0, 0.1) is 0 Å². The first-order chi connectivity index (χ1) is 15.0. The predicted molar refractivity (Wildman–Crippen MR) is 133 cm³/mol. The standard InChI is InChI=1S/C26H36N2O2S/c1-5-6-17-30-24-18-21(20(2)3)11-12-22(26(24)29)19-27-13-15-28(16-14-27)23-9-7-8-10-25(23)31-4/h7-12,18,20H,5-6,13-17,19H2,1-4H3. The van der Waals surface area contributed by atoms with E-state index in [9.17, 15) is 4.79 Å². The number of para-hydroxylation sites is 1. The Bertz CT molecular complexity index is 908. The zero-order valence-corrected chi connectivity index (χ0v) is 20.2. The van der Waals surface area contributed by atoms with Crippen molar-refractivity contribution >= 4 is 17.4 Å². The van der Waals surface area contributed by atoms with Crippen LogP contribution < -0.4 is 15.1 Å². The number of hydrogen-bond donors (Lipinski definition) is 0. The zero-order valence-electron chi connectivity index (χ0n) is 19.4. The van der Waals surface area contributed by atoms with E-state index in [1.54, 1.807) is 11.8 Å². The van der Waals surface area contributed by atoms with Gasteiger partial charge in [0.15, 0.2) is 5.75 Å². The van der Waals surface area contributed by atoms with Crippen LogP contribution >= 0.6 is 11.8 Å². The second kappa shape index (κ2) is 11.6. The SMILES string of the molecule is CCCCOc1cc(C(C)C)ccc(CN2CCN(c3ccccc3SC)CC2)c1=O. The van der Waals surface area contributed by atoms with Gasteiger partial charge in [-0.1, -0.05) is 51.5 Å². The molecule has 0 aliphatic carbocycles. The van der Waals surface area contributed by atoms with Crippen molar-refractivity contribution in [1.29, 1.82) is 0 Å². The molecule has 31 heavy (non-hydrogen) atoms. The summed E-state index contributed by atoms with van der Waals surface area (Å²) in [5, 5.41) is 0. The summed E-state index contributed by atoms with van der Waals surface area (Å²) >= 11 is 1.80. The van der Waals surface area contributed by atoms with E-state index in [1.807, 2.05) is 12.1 Å². The Morgan fingerprint density at radius 3 is 2.48 bits per heavy atom. The molecule has 3 rings (SSSR count). The molecule has 0 amide bonds. The van der Waals surface area contributed by atoms with Gasteiger partial charge in [0.2, 0.25) is 5.43 Å². The summed E-state index contributed by atoms with van der Waals surface area (Å²) < 4.78 is 5.92. The van der Waals surface area contributed by atoms with Crippen LogP contribution in [0.4, 0.5) is 5.69 Å². The normalized spacial score (nSPS) is 14.8. The highest BCUT2D eigenvalue weighted by molar-refractivity contribution is 7.98. The molecule has 5 heteroatoms. The third-order valence-electron chi connectivity index (χ3n) is 5.90. The fraction of sp³-hybridized carbons (Fsp3) is 0.500. The van der Waals surface area contributed by atoms with E-state index in [-0.39, 0.29) is 5.43 Å². The van der Waals surface area contributed by atoms with Gasteiger partial charge in [0.1, 0.15) is 0 Å². The largest absolute Gasteiger partial charge is 0.489 e. The number of hydrogen-bond acceptors (Lipinski definition) is 5. The van der Waals surface area contributed by atoms with Gasteiger partial charge < -0.3 is 9.64 Å². The highest BCUT2D eigenvalue weighted by atomic mass is 32.2. The molecule has 2 aromatic rings. The molecule has 1 heterocycles. The van der Waals surface area contributed by atoms with Gasteiger partial charge in [-0.15, -0.1) is 11.8 Å². The van der Waals surface area contributed by atoms with Gasteiger partial charge >= 0.3 is 0 Å². The first-order valence-electron chi connectivity index (χ1n) is 11.4. The lowest BCUT2D eigenvalue weighted by atomic mass is 10.1. The fourth-order valence-electron chi connectivity index (χ4n) is 3.89. The van der Waals surface area contributed by atoms with E-state index in [2.05, 4.69) is 67.2 Å². The number of ether oxygens (including phenoxy) is 1. The lowest BCUT2D eigenvalue weighted by molar-refractivity contribution is 0.248. The Morgan fingerprint density at radius 2 is 1.81 bits per heavy atom. The molecule has 0 N–H and O–H groups in total. The fourth-order valence-corrected chi connectivity index (χ4v) is 4.51. The average molecular weight is 441 g/mol. The summed E-state index contributed by atoms with van der Waals surface area (Å²) in [7, 11) is 0. The Hall–Kier alpha value is -1.98. The molecule has 0 bridgehead atoms. The molecule has 1 saturated heterocycles. The van der Waals surface area contributed by atoms with Gasteiger partial charge in [-0.3, -0.25) is 9.69 Å². The summed E-state index contributed by atoms with van der Waals surface area (Å²) in [6, 6.07) is 14.7. The number of benzene rings is 1. The summed E-state index contributed by atoms with van der Waals surface area (Å²) in [6.07, 6.45) is 4.15. The molecule has 0 atom stereocenters. The highest BCUT2D eigenvalue weighted by Gasteiger charge is 2.20. The van der Waals surface area contributed by atoms with Gasteiger partial charge in [-0.05, 0) is 42.4 Å². The number of rotatable bonds is 9. The second-order valence-corrected chi connectivity index (χ2v) is 9.34. The Morgan fingerprint density at radius 1 is 1.06 bits per heavy atom. The molecule has 2 aromatic carbocycles. The maximum atomic E-state index is 13.2. The van der Waals surface area contributed by atoms with Crippen LogP contribution in [-0.4, -0.2) is 43.9 Å². The van der Waals surface area contributed by atoms with E-state index >= 15 is 0 Å². The van der Waals surface area contributed by atoms with Crippen molar-refractivity contribution in [3.8, 4) is 5.75 Å². The van der Waals surface area contributed by atoms with Gasteiger partial charge in [0, 0.05) is 43.2 Å². The van der Waals surface area contributed by atoms with Crippen LogP contribution in [0.2, 0.25) is 0 Å². The van der Waals surface area contributed by atoms with E-state index in [0.29, 0.717) is 24.8 Å². The van der Waals surface area contributed by atoms with Crippen molar-refractivity contribution in [2.75, 3.05) is 43.9 Å². The van der Waals surface area contributed by atoms with Crippen molar-refractivity contribution in [3.05, 3.63) is 63.8 Å². The zero-order chi connectivity index (χ0) is 22.2. The minimum Gasteiger partial charge on any atom is -0.489 e. The van der Waals surface area contributed by atoms with E-state index in [4.69, 9.17) is 4.74 Å². The number of nitrogens with zero attached hydrogens (tertiary/aromatic N) is 2. The topological polar surface area (TPSA) is 32.8 Å². The van der Waals surface area contributed by atoms with Crippen molar-refractivity contribution in [3.63, 3.8) is 0 Å². The van der Waals surface area contributed by atoms with Gasteiger partial charge in [0.05, 0.1) is 12.3 Å². The number of thioether (sulfide) groups is 1. The highest BCUT2D eigenvalue weighted by Crippen LogP contribution is 2.29. The second-order valence-electron chi connectivity index (χ2n) is 8.49. The van der Waals surface area contributed by atoms with E-state index in [0.717, 1.165) is 50.1 Å². The molecule has 1 aliphatic rings. The molecule has 4 nitrogen and oxygen atoms in total. The number of unbranched alkanes of at least 4 members (excludes halogenated alkanes) is 1. The van der Waals surface area contributed by atoms with Crippen molar-refractivity contribution in [2.24, 2.45) is 0 Å². The molecular formula is C26H36N2O2S. The van der Waals surface area contributed by atoms with Crippen LogP contribution in [0.25, 0.3) is 0 Å². The average Bonchev–Trinajstić information content (AvgIpc) is 2.94. The molecule has 0 saturated carbocycles. The third-order valence-corrected chi connectivity index (χ3v) is 6.69. The molecule has 168 valence electrons. The molecule has 0 unspecified atom stereocenters. The molecule has 0 spiro atoms. The minimum absolute atomic E-state index is 0.0400. The van der Waals surface area contributed by atoms with E-state index < -0.39 is 0 Å². The van der Waals surface area contributed by atoms with Gasteiger partial charge in [-0.2, -0.15) is 0 Å². The Labute approximate surface area is 191 Å². The minimum atomic E-state index is 0.0400. The van der Waals surface area contributed by atoms with Crippen molar-refractivity contribution in [2.45, 2.75) is 51.0 Å². The van der Waals surface area contributed by atoms with E-state index in [1.165, 1.54) is 10.6 Å². The summed E-state index contributed by atoms with van der Waals surface area (Å²) in [5.41, 5.74) is 3.33. The summed E-state index contributed by atoms with van der Waals surface area (Å²) in [6.45, 7) is 11.6. The van der Waals surface area contributed by atoms with Crippen LogP contribution in [0.15, 0.2) is 52.2 Å². The lowest BCUT2D eigenvalue weighted by Gasteiger charge is -2.36. The molecular weight excluding hydrogens is 404 g/mol. The maximum Gasteiger partial charge on any atom is 0.224 e. The number of anilines is 1. The van der Waals surface area contributed by atoms with Crippen molar-refractivity contribution in [1.82, 2.24) is 4.90 Å². The maximum absolute atomic E-state index is 13.2. The quantitative estimate of drug-likeness (QED) is 0.385. The molecule has 0 radical (unpaired) electrons. The van der Waals surface area contributed by atoms with Gasteiger partial charge in [-0.25, -0.2) is 0 Å². The monoisotopic (exact) mass is 440 g/mol. The molecule has 1 aliphatic heterocycles. The predicted octanol–water partition coefficient (Wildman–Crippen LogP) is 5.39. The van der Waals surface area contributed by atoms with Crippen LogP contribution in [-0.2, 0) is 6.54 Å².